The van der Waals surface area contributed by atoms with Crippen molar-refractivity contribution < 1.29 is 9.59 Å². The van der Waals surface area contributed by atoms with Crippen LogP contribution in [-0.4, -0.2) is 39.9 Å². The number of anilines is 1. The standard InChI is InChI=1S/C26H31ClN4O2S2/c1-6-16(2)28-20(32)14-30-21(33)15-35-23(19-11-8-12-34-19)22-24(26(3,4)5)29-31(25(22)30)18-10-7-9-17(27)13-18/h7-13,16,23H,6,14-15H2,1-5H3,(H,28,32). The summed E-state index contributed by atoms with van der Waals surface area (Å²) in [6.07, 6.45) is 0.815. The van der Waals surface area contributed by atoms with Crippen LogP contribution in [0.5, 0.6) is 0 Å². The molecule has 0 saturated carbocycles. The van der Waals surface area contributed by atoms with Gasteiger partial charge in [0.25, 0.3) is 0 Å². The Morgan fingerprint density at radius 2 is 2.06 bits per heavy atom. The van der Waals surface area contributed by atoms with E-state index in [1.165, 1.54) is 0 Å². The number of aromatic nitrogens is 2. The third-order valence-corrected chi connectivity index (χ3v) is 8.53. The van der Waals surface area contributed by atoms with E-state index in [1.54, 1.807) is 32.7 Å². The number of amides is 2. The topological polar surface area (TPSA) is 67.2 Å². The molecule has 1 aromatic carbocycles. The number of carbonyl (C=O) groups excluding carboxylic acids is 2. The van der Waals surface area contributed by atoms with Gasteiger partial charge in [0.15, 0.2) is 0 Å². The SMILES string of the molecule is CCC(C)NC(=O)CN1C(=O)CSC(c2cccs2)c2c(C(C)(C)C)nn(-c3cccc(Cl)c3)c21. The van der Waals surface area contributed by atoms with Gasteiger partial charge in [-0.25, -0.2) is 4.68 Å². The molecule has 0 fully saturated rings. The number of nitrogens with zero attached hydrogens (tertiary/aromatic N) is 3. The minimum absolute atomic E-state index is 0.0280. The largest absolute Gasteiger partial charge is 0.352 e. The van der Waals surface area contributed by atoms with Crippen molar-refractivity contribution in [2.24, 2.45) is 0 Å². The van der Waals surface area contributed by atoms with Gasteiger partial charge < -0.3 is 5.32 Å². The zero-order valence-electron chi connectivity index (χ0n) is 20.7. The number of thiophene rings is 1. The molecule has 2 atom stereocenters. The Hall–Kier alpha value is -2.29. The number of nitrogens with one attached hydrogen (secondary N) is 1. The number of thioether (sulfide) groups is 1. The summed E-state index contributed by atoms with van der Waals surface area (Å²) in [5.41, 5.74) is 2.34. The first kappa shape index (κ1) is 25.8. The van der Waals surface area contributed by atoms with Crippen molar-refractivity contribution in [1.29, 1.82) is 0 Å². The average molecular weight is 531 g/mol. The van der Waals surface area contributed by atoms with E-state index in [1.807, 2.05) is 44.2 Å². The van der Waals surface area contributed by atoms with Gasteiger partial charge in [0.05, 0.1) is 22.4 Å². The molecule has 2 aromatic heterocycles. The summed E-state index contributed by atoms with van der Waals surface area (Å²) in [5.74, 6) is 0.616. The summed E-state index contributed by atoms with van der Waals surface area (Å²) in [6, 6.07) is 11.6. The Labute approximate surface area is 220 Å². The first-order chi connectivity index (χ1) is 16.6. The first-order valence-electron chi connectivity index (χ1n) is 11.7. The lowest BCUT2D eigenvalue weighted by molar-refractivity contribution is -0.123. The smallest absolute Gasteiger partial charge is 0.240 e. The molecule has 3 aromatic rings. The van der Waals surface area contributed by atoms with Crippen LogP contribution in [0.4, 0.5) is 5.82 Å². The summed E-state index contributed by atoms with van der Waals surface area (Å²) < 4.78 is 1.79. The van der Waals surface area contributed by atoms with Crippen LogP contribution in [0.2, 0.25) is 5.02 Å². The molecule has 0 saturated heterocycles. The van der Waals surface area contributed by atoms with Crippen LogP contribution in [0, 0.1) is 0 Å². The van der Waals surface area contributed by atoms with Gasteiger partial charge in [-0.3, -0.25) is 14.5 Å². The van der Waals surface area contributed by atoms with Crippen molar-refractivity contribution in [3.63, 3.8) is 0 Å². The van der Waals surface area contributed by atoms with Crippen molar-refractivity contribution in [1.82, 2.24) is 15.1 Å². The molecule has 6 nitrogen and oxygen atoms in total. The van der Waals surface area contributed by atoms with Gasteiger partial charge in [-0.15, -0.1) is 23.1 Å². The highest BCUT2D eigenvalue weighted by molar-refractivity contribution is 8.00. The van der Waals surface area contributed by atoms with Gasteiger partial charge in [0.1, 0.15) is 12.4 Å². The molecule has 4 rings (SSSR count). The van der Waals surface area contributed by atoms with Crippen LogP contribution in [-0.2, 0) is 15.0 Å². The van der Waals surface area contributed by atoms with Gasteiger partial charge in [0.2, 0.25) is 11.8 Å². The van der Waals surface area contributed by atoms with Crippen molar-refractivity contribution in [2.45, 2.75) is 57.7 Å². The molecule has 186 valence electrons. The van der Waals surface area contributed by atoms with Crippen LogP contribution < -0.4 is 10.2 Å². The zero-order valence-corrected chi connectivity index (χ0v) is 23.1. The van der Waals surface area contributed by atoms with Crippen molar-refractivity contribution in [3.8, 4) is 5.69 Å². The summed E-state index contributed by atoms with van der Waals surface area (Å²) in [5, 5.41) is 10.6. The van der Waals surface area contributed by atoms with Crippen molar-refractivity contribution >= 4 is 52.3 Å². The molecule has 0 aliphatic carbocycles. The lowest BCUT2D eigenvalue weighted by Gasteiger charge is -2.24. The average Bonchev–Trinajstić information content (AvgIpc) is 3.44. The van der Waals surface area contributed by atoms with Gasteiger partial charge in [0, 0.05) is 26.9 Å². The second kappa shape index (κ2) is 10.4. The van der Waals surface area contributed by atoms with E-state index in [9.17, 15) is 9.59 Å². The summed E-state index contributed by atoms with van der Waals surface area (Å²) >= 11 is 9.61. The fraction of sp³-hybridized carbons (Fsp3) is 0.423. The van der Waals surface area contributed by atoms with E-state index < -0.39 is 0 Å². The predicted molar refractivity (Wildman–Crippen MR) is 146 cm³/mol. The number of hydrogen-bond donors (Lipinski definition) is 1. The molecule has 9 heteroatoms. The van der Waals surface area contributed by atoms with Crippen molar-refractivity contribution in [2.75, 3.05) is 17.2 Å². The maximum atomic E-state index is 13.6. The Bertz CT molecular complexity index is 1220. The Morgan fingerprint density at radius 1 is 1.29 bits per heavy atom. The van der Waals surface area contributed by atoms with Crippen LogP contribution in [0.25, 0.3) is 5.69 Å². The third kappa shape index (κ3) is 5.44. The number of halogens is 1. The van der Waals surface area contributed by atoms with Crippen LogP contribution >= 0.6 is 34.7 Å². The highest BCUT2D eigenvalue weighted by atomic mass is 35.5. The first-order valence-corrected chi connectivity index (χ1v) is 14.0. The number of hydrogen-bond acceptors (Lipinski definition) is 5. The summed E-state index contributed by atoms with van der Waals surface area (Å²) in [4.78, 5) is 29.3. The minimum Gasteiger partial charge on any atom is -0.352 e. The van der Waals surface area contributed by atoms with E-state index in [0.717, 1.165) is 28.2 Å². The van der Waals surface area contributed by atoms with E-state index in [0.29, 0.717) is 10.8 Å². The normalized spacial score (nSPS) is 17.1. The van der Waals surface area contributed by atoms with Gasteiger partial charge in [-0.05, 0) is 43.0 Å². The van der Waals surface area contributed by atoms with Crippen molar-refractivity contribution in [3.05, 3.63) is 62.9 Å². The minimum atomic E-state index is -0.290. The lowest BCUT2D eigenvalue weighted by atomic mass is 9.88. The number of benzene rings is 1. The molecular formula is C26H31ClN4O2S2. The van der Waals surface area contributed by atoms with E-state index >= 15 is 0 Å². The van der Waals surface area contributed by atoms with Crippen LogP contribution in [0.1, 0.15) is 62.4 Å². The number of rotatable bonds is 6. The number of carbonyl (C=O) groups is 2. The second-order valence-corrected chi connectivity index (χ2v) is 12.3. The molecule has 0 spiro atoms. The molecular weight excluding hydrogens is 500 g/mol. The second-order valence-electron chi connectivity index (χ2n) is 9.79. The fourth-order valence-corrected chi connectivity index (χ4v) is 6.45. The molecule has 1 aliphatic rings. The maximum absolute atomic E-state index is 13.6. The molecule has 0 bridgehead atoms. The maximum Gasteiger partial charge on any atom is 0.240 e. The monoisotopic (exact) mass is 530 g/mol. The fourth-order valence-electron chi connectivity index (χ4n) is 4.09. The predicted octanol–water partition coefficient (Wildman–Crippen LogP) is 5.97. The third-order valence-electron chi connectivity index (χ3n) is 5.98. The van der Waals surface area contributed by atoms with Crippen LogP contribution in [0.3, 0.4) is 0 Å². The lowest BCUT2D eigenvalue weighted by Crippen LogP contribution is -2.44. The van der Waals surface area contributed by atoms with Crippen LogP contribution in [0.15, 0.2) is 41.8 Å². The van der Waals surface area contributed by atoms with Gasteiger partial charge in [-0.1, -0.05) is 51.4 Å². The zero-order chi connectivity index (χ0) is 25.3. The van der Waals surface area contributed by atoms with E-state index in [-0.39, 0.29) is 40.8 Å². The van der Waals surface area contributed by atoms with E-state index in [2.05, 4.69) is 37.5 Å². The van der Waals surface area contributed by atoms with Gasteiger partial charge >= 0.3 is 0 Å². The Kier molecular flexibility index (Phi) is 7.64. The molecule has 2 amide bonds. The summed E-state index contributed by atoms with van der Waals surface area (Å²) in [6.45, 7) is 10.3. The van der Waals surface area contributed by atoms with Gasteiger partial charge in [-0.2, -0.15) is 5.10 Å². The molecule has 35 heavy (non-hydrogen) atoms. The molecule has 1 N–H and O–H groups in total. The molecule has 0 radical (unpaired) electrons. The molecule has 1 aliphatic heterocycles. The number of fused-ring (bicyclic) bond motifs is 1. The highest BCUT2D eigenvalue weighted by Crippen LogP contribution is 2.49. The summed E-state index contributed by atoms with van der Waals surface area (Å²) in [7, 11) is 0. The molecule has 2 unspecified atom stereocenters. The highest BCUT2D eigenvalue weighted by Gasteiger charge is 2.40. The molecule has 3 heterocycles. The Morgan fingerprint density at radius 3 is 2.69 bits per heavy atom. The Balaban J connectivity index is 1.96. The van der Waals surface area contributed by atoms with E-state index in [4.69, 9.17) is 16.7 Å². The quantitative estimate of drug-likeness (QED) is 0.426.